The minimum absolute atomic E-state index is 0.174. The van der Waals surface area contributed by atoms with Crippen LogP contribution in [0.5, 0.6) is 0 Å². The van der Waals surface area contributed by atoms with E-state index in [-0.39, 0.29) is 18.1 Å². The zero-order valence-corrected chi connectivity index (χ0v) is 18.6. The van der Waals surface area contributed by atoms with Gasteiger partial charge >= 0.3 is 5.97 Å². The van der Waals surface area contributed by atoms with Gasteiger partial charge in [0.05, 0.1) is 17.8 Å². The molecular formula is C24H29N3O5. The van der Waals surface area contributed by atoms with E-state index in [0.29, 0.717) is 16.9 Å². The van der Waals surface area contributed by atoms with Gasteiger partial charge < -0.3 is 20.1 Å². The van der Waals surface area contributed by atoms with Gasteiger partial charge in [0, 0.05) is 37.9 Å². The van der Waals surface area contributed by atoms with Gasteiger partial charge in [0.15, 0.2) is 6.61 Å². The Morgan fingerprint density at radius 3 is 2.06 bits per heavy atom. The van der Waals surface area contributed by atoms with Crippen LogP contribution in [0, 0.1) is 0 Å². The third kappa shape index (κ3) is 7.18. The molecule has 170 valence electrons. The van der Waals surface area contributed by atoms with E-state index in [1.54, 1.807) is 36.4 Å². The highest BCUT2D eigenvalue weighted by Crippen LogP contribution is 2.16. The fourth-order valence-corrected chi connectivity index (χ4v) is 3.67. The first-order chi connectivity index (χ1) is 15.3. The van der Waals surface area contributed by atoms with E-state index in [4.69, 9.17) is 9.47 Å². The van der Waals surface area contributed by atoms with Crippen molar-refractivity contribution in [1.29, 1.82) is 0 Å². The van der Waals surface area contributed by atoms with Crippen molar-refractivity contribution in [3.8, 4) is 0 Å². The van der Waals surface area contributed by atoms with E-state index < -0.39 is 18.5 Å². The molecule has 0 aliphatic carbocycles. The largest absolute Gasteiger partial charge is 0.452 e. The van der Waals surface area contributed by atoms with Gasteiger partial charge in [-0.1, -0.05) is 12.1 Å². The summed E-state index contributed by atoms with van der Waals surface area (Å²) in [6, 6.07) is 13.9. The van der Waals surface area contributed by atoms with E-state index in [1.165, 1.54) is 6.92 Å². The maximum Gasteiger partial charge on any atom is 0.338 e. The quantitative estimate of drug-likeness (QED) is 0.644. The van der Waals surface area contributed by atoms with Crippen LogP contribution in [-0.4, -0.2) is 54.6 Å². The van der Waals surface area contributed by atoms with Gasteiger partial charge in [0.1, 0.15) is 0 Å². The molecule has 2 aromatic carbocycles. The SMILES string of the molecule is CC(=O)Nc1ccc(NC(=O)COC(=O)c2ccc(CN3CC(C)OC(C)C3)cc2)cc1. The molecule has 0 bridgehead atoms. The molecule has 2 atom stereocenters. The van der Waals surface area contributed by atoms with Gasteiger partial charge in [-0.2, -0.15) is 0 Å². The number of benzene rings is 2. The van der Waals surface area contributed by atoms with Gasteiger partial charge in [0.2, 0.25) is 5.91 Å². The lowest BCUT2D eigenvalue weighted by molar-refractivity contribution is -0.119. The summed E-state index contributed by atoms with van der Waals surface area (Å²) in [5.41, 5.74) is 2.66. The molecule has 2 N–H and O–H groups in total. The normalized spacial score (nSPS) is 18.6. The predicted molar refractivity (Wildman–Crippen MR) is 121 cm³/mol. The van der Waals surface area contributed by atoms with Crippen LogP contribution >= 0.6 is 0 Å². The van der Waals surface area contributed by atoms with Crippen molar-refractivity contribution in [2.75, 3.05) is 30.3 Å². The van der Waals surface area contributed by atoms with Gasteiger partial charge in [-0.05, 0) is 55.8 Å². The average Bonchev–Trinajstić information content (AvgIpc) is 2.73. The molecule has 1 saturated heterocycles. The molecular weight excluding hydrogens is 410 g/mol. The molecule has 0 aromatic heterocycles. The molecule has 8 heteroatoms. The highest BCUT2D eigenvalue weighted by Gasteiger charge is 2.22. The highest BCUT2D eigenvalue weighted by atomic mass is 16.5. The second kappa shape index (κ2) is 10.9. The van der Waals surface area contributed by atoms with E-state index in [1.807, 2.05) is 12.1 Å². The highest BCUT2D eigenvalue weighted by molar-refractivity contribution is 5.96. The molecule has 0 spiro atoms. The number of hydrogen-bond acceptors (Lipinski definition) is 6. The van der Waals surface area contributed by atoms with E-state index in [0.717, 1.165) is 25.2 Å². The number of carbonyl (C=O) groups excluding carboxylic acids is 3. The second-order valence-electron chi connectivity index (χ2n) is 8.03. The summed E-state index contributed by atoms with van der Waals surface area (Å²) in [7, 11) is 0. The van der Waals surface area contributed by atoms with Crippen LogP contribution in [0.4, 0.5) is 11.4 Å². The van der Waals surface area contributed by atoms with Crippen LogP contribution in [0.2, 0.25) is 0 Å². The van der Waals surface area contributed by atoms with Crippen molar-refractivity contribution < 1.29 is 23.9 Å². The summed E-state index contributed by atoms with van der Waals surface area (Å²) in [6.07, 6.45) is 0.406. The molecule has 2 unspecified atom stereocenters. The minimum atomic E-state index is -0.554. The van der Waals surface area contributed by atoms with Crippen LogP contribution in [0.3, 0.4) is 0 Å². The second-order valence-corrected chi connectivity index (χ2v) is 8.03. The van der Waals surface area contributed by atoms with Crippen molar-refractivity contribution in [3.05, 3.63) is 59.7 Å². The number of morpholine rings is 1. The summed E-state index contributed by atoms with van der Waals surface area (Å²) in [5.74, 6) is -1.17. The Balaban J connectivity index is 1.45. The Morgan fingerprint density at radius 1 is 0.938 bits per heavy atom. The average molecular weight is 440 g/mol. The van der Waals surface area contributed by atoms with Crippen molar-refractivity contribution >= 4 is 29.2 Å². The lowest BCUT2D eigenvalue weighted by Crippen LogP contribution is -2.44. The zero-order chi connectivity index (χ0) is 23.1. The van der Waals surface area contributed by atoms with Crippen LogP contribution in [0.25, 0.3) is 0 Å². The number of hydrogen-bond donors (Lipinski definition) is 2. The molecule has 0 radical (unpaired) electrons. The van der Waals surface area contributed by atoms with Crippen LogP contribution < -0.4 is 10.6 Å². The summed E-state index contributed by atoms with van der Waals surface area (Å²) in [5, 5.41) is 5.29. The van der Waals surface area contributed by atoms with Gasteiger partial charge in [-0.25, -0.2) is 4.79 Å². The van der Waals surface area contributed by atoms with Crippen LogP contribution in [0.15, 0.2) is 48.5 Å². The Morgan fingerprint density at radius 2 is 1.50 bits per heavy atom. The van der Waals surface area contributed by atoms with Crippen molar-refractivity contribution in [3.63, 3.8) is 0 Å². The van der Waals surface area contributed by atoms with E-state index in [2.05, 4.69) is 29.4 Å². The molecule has 1 aliphatic rings. The Labute approximate surface area is 187 Å². The third-order valence-electron chi connectivity index (χ3n) is 4.91. The maximum absolute atomic E-state index is 12.3. The predicted octanol–water partition coefficient (Wildman–Crippen LogP) is 3.05. The van der Waals surface area contributed by atoms with E-state index >= 15 is 0 Å². The number of anilines is 2. The molecule has 1 aliphatic heterocycles. The van der Waals surface area contributed by atoms with Gasteiger partial charge in [0.25, 0.3) is 5.91 Å². The minimum Gasteiger partial charge on any atom is -0.452 e. The smallest absolute Gasteiger partial charge is 0.338 e. The Kier molecular flexibility index (Phi) is 7.97. The fourth-order valence-electron chi connectivity index (χ4n) is 3.67. The summed E-state index contributed by atoms with van der Waals surface area (Å²) < 4.78 is 10.9. The Bertz CT molecular complexity index is 933. The fraction of sp³-hybridized carbons (Fsp3) is 0.375. The van der Waals surface area contributed by atoms with Crippen molar-refractivity contribution in [2.45, 2.75) is 39.5 Å². The first-order valence-electron chi connectivity index (χ1n) is 10.6. The molecule has 0 saturated carbocycles. The number of amides is 2. The first kappa shape index (κ1) is 23.4. The zero-order valence-electron chi connectivity index (χ0n) is 18.6. The molecule has 3 rings (SSSR count). The topological polar surface area (TPSA) is 97.0 Å². The number of nitrogens with zero attached hydrogens (tertiary/aromatic N) is 1. The summed E-state index contributed by atoms with van der Waals surface area (Å²) in [4.78, 5) is 37.7. The molecule has 1 heterocycles. The van der Waals surface area contributed by atoms with Gasteiger partial charge in [-0.15, -0.1) is 0 Å². The van der Waals surface area contributed by atoms with Crippen LogP contribution in [0.1, 0.15) is 36.7 Å². The molecule has 32 heavy (non-hydrogen) atoms. The summed E-state index contributed by atoms with van der Waals surface area (Å²) in [6.45, 7) is 7.70. The molecule has 8 nitrogen and oxygen atoms in total. The molecule has 2 aromatic rings. The van der Waals surface area contributed by atoms with Crippen molar-refractivity contribution in [2.24, 2.45) is 0 Å². The lowest BCUT2D eigenvalue weighted by atomic mass is 10.1. The maximum atomic E-state index is 12.3. The Hall–Kier alpha value is -3.23. The van der Waals surface area contributed by atoms with Crippen molar-refractivity contribution in [1.82, 2.24) is 4.90 Å². The standard InChI is InChI=1S/C24H29N3O5/c1-16-12-27(13-17(2)32-16)14-19-4-6-20(7-5-19)24(30)31-15-23(29)26-22-10-8-21(9-11-22)25-18(3)28/h4-11,16-17H,12-15H2,1-3H3,(H,25,28)(H,26,29). The van der Waals surface area contributed by atoms with Crippen LogP contribution in [-0.2, 0) is 25.6 Å². The number of ether oxygens (including phenoxy) is 2. The number of rotatable bonds is 7. The molecule has 2 amide bonds. The number of nitrogens with one attached hydrogen (secondary N) is 2. The molecule has 1 fully saturated rings. The number of carbonyl (C=O) groups is 3. The van der Waals surface area contributed by atoms with Gasteiger partial charge in [-0.3, -0.25) is 14.5 Å². The lowest BCUT2D eigenvalue weighted by Gasteiger charge is -2.35. The van der Waals surface area contributed by atoms with E-state index in [9.17, 15) is 14.4 Å². The monoisotopic (exact) mass is 439 g/mol. The number of esters is 1. The summed E-state index contributed by atoms with van der Waals surface area (Å²) >= 11 is 0. The third-order valence-corrected chi connectivity index (χ3v) is 4.91. The first-order valence-corrected chi connectivity index (χ1v) is 10.6.